The molecule has 0 saturated carbocycles. The van der Waals surface area contributed by atoms with Gasteiger partial charge in [0, 0.05) is 66.2 Å². The van der Waals surface area contributed by atoms with E-state index in [1.54, 1.807) is 11.3 Å². The van der Waals surface area contributed by atoms with Crippen molar-refractivity contribution in [1.29, 1.82) is 0 Å². The van der Waals surface area contributed by atoms with E-state index >= 15 is 0 Å². The highest BCUT2D eigenvalue weighted by Gasteiger charge is 2.16. The Bertz CT molecular complexity index is 1080. The average Bonchev–Trinajstić information content (AvgIpc) is 3.15. The summed E-state index contributed by atoms with van der Waals surface area (Å²) < 4.78 is 2.64. The fourth-order valence-corrected chi connectivity index (χ4v) is 6.02. The van der Waals surface area contributed by atoms with Crippen molar-refractivity contribution < 1.29 is 4.79 Å². The highest BCUT2D eigenvalue weighted by atomic mass is 35.5. The van der Waals surface area contributed by atoms with Crippen LogP contribution in [0.4, 0.5) is 0 Å². The lowest BCUT2D eigenvalue weighted by Gasteiger charge is -2.25. The predicted molar refractivity (Wildman–Crippen MR) is 127 cm³/mol. The second-order valence-electron chi connectivity index (χ2n) is 7.11. The number of pyridine rings is 1. The number of aryl methyl sites for hydroxylation is 1. The monoisotopic (exact) mass is 463 g/mol. The molecule has 4 rings (SSSR count). The predicted octanol–water partition coefficient (Wildman–Crippen LogP) is 5.10. The highest BCUT2D eigenvalue weighted by Crippen LogP contribution is 2.29. The van der Waals surface area contributed by atoms with Gasteiger partial charge in [0.25, 0.3) is 5.91 Å². The van der Waals surface area contributed by atoms with Crippen molar-refractivity contribution in [3.8, 4) is 0 Å². The molecule has 1 aliphatic rings. The number of carbonyl (C=O) groups is 1. The molecule has 1 saturated heterocycles. The number of carbonyl (C=O) groups excluding carboxylic acids is 1. The molecule has 2 aromatic heterocycles. The lowest BCUT2D eigenvalue weighted by atomic mass is 10.2. The van der Waals surface area contributed by atoms with E-state index in [2.05, 4.69) is 16.3 Å². The van der Waals surface area contributed by atoms with Crippen LogP contribution in [0, 0.1) is 4.51 Å². The van der Waals surface area contributed by atoms with E-state index in [1.807, 2.05) is 53.8 Å². The van der Waals surface area contributed by atoms with E-state index in [-0.39, 0.29) is 5.91 Å². The third-order valence-corrected chi connectivity index (χ3v) is 7.83. The Labute approximate surface area is 188 Å². The van der Waals surface area contributed by atoms with Crippen molar-refractivity contribution >= 4 is 63.0 Å². The Morgan fingerprint density at radius 2 is 1.97 bits per heavy atom. The lowest BCUT2D eigenvalue weighted by Crippen LogP contribution is -2.31. The molecule has 3 aromatic rings. The Kier molecular flexibility index (Phi) is 6.61. The van der Waals surface area contributed by atoms with Gasteiger partial charge >= 0.3 is 0 Å². The maximum absolute atomic E-state index is 12.8. The van der Waals surface area contributed by atoms with Gasteiger partial charge in [-0.1, -0.05) is 36.0 Å². The summed E-state index contributed by atoms with van der Waals surface area (Å²) in [5, 5.41) is 4.65. The maximum Gasteiger partial charge on any atom is 0.254 e. The molecule has 29 heavy (non-hydrogen) atoms. The van der Waals surface area contributed by atoms with E-state index < -0.39 is 0 Å². The number of halogens is 1. The molecule has 0 radical (unpaired) electrons. The molecule has 0 atom stereocenters. The molecule has 152 valence electrons. The molecule has 3 heterocycles. The van der Waals surface area contributed by atoms with E-state index in [0.717, 1.165) is 35.4 Å². The summed E-state index contributed by atoms with van der Waals surface area (Å²) in [5.41, 5.74) is 1.54. The van der Waals surface area contributed by atoms with Crippen LogP contribution in [0.3, 0.4) is 0 Å². The number of hydrogen-bond acceptors (Lipinski definition) is 5. The topological polar surface area (TPSA) is 37.3 Å². The van der Waals surface area contributed by atoms with Gasteiger partial charge in [-0.2, -0.15) is 11.8 Å². The average molecular weight is 464 g/mol. The summed E-state index contributed by atoms with van der Waals surface area (Å²) in [6.45, 7) is 3.65. The van der Waals surface area contributed by atoms with Crippen LogP contribution < -0.4 is 5.32 Å². The molecule has 1 aromatic carbocycles. The fourth-order valence-electron chi connectivity index (χ4n) is 3.41. The van der Waals surface area contributed by atoms with Crippen molar-refractivity contribution in [2.45, 2.75) is 13.1 Å². The second-order valence-corrected chi connectivity index (χ2v) is 10.3. The van der Waals surface area contributed by atoms with Crippen LogP contribution in [-0.4, -0.2) is 40.0 Å². The largest absolute Gasteiger partial charge is 0.348 e. The minimum absolute atomic E-state index is 0.150. The number of fused-ring (bicyclic) bond motifs is 1. The summed E-state index contributed by atoms with van der Waals surface area (Å²) in [7, 11) is 1.98. The standard InChI is InChI=1S/C21H22ClN3OS3/c1-24-13-18(20(26)23-11-14-2-4-15(22)5-3-14)19(27)17-10-16(29-21(17)24)12-25-6-8-28-9-7-25/h2-5,10,13H,6-9,11-12H2,1H3,(H,23,26). The number of thiophene rings is 1. The van der Waals surface area contributed by atoms with Gasteiger partial charge in [-0.15, -0.1) is 11.3 Å². The molecule has 1 aliphatic heterocycles. The van der Waals surface area contributed by atoms with Crippen molar-refractivity contribution in [2.75, 3.05) is 24.6 Å². The Morgan fingerprint density at radius 1 is 1.24 bits per heavy atom. The first kappa shape index (κ1) is 20.9. The maximum atomic E-state index is 12.8. The number of nitrogens with zero attached hydrogens (tertiary/aromatic N) is 2. The molecular formula is C21H22ClN3OS3. The normalized spacial score (nSPS) is 15.0. The number of hydrogen-bond donors (Lipinski definition) is 1. The second kappa shape index (κ2) is 9.18. The van der Waals surface area contributed by atoms with E-state index in [9.17, 15) is 4.79 Å². The summed E-state index contributed by atoms with van der Waals surface area (Å²) in [6, 6.07) is 9.62. The molecule has 1 N–H and O–H groups in total. The van der Waals surface area contributed by atoms with Crippen LogP contribution in [0.25, 0.3) is 10.2 Å². The number of amides is 1. The molecule has 1 amide bonds. The summed E-state index contributed by atoms with van der Waals surface area (Å²) in [6.07, 6.45) is 1.85. The van der Waals surface area contributed by atoms with E-state index in [1.165, 1.54) is 16.4 Å². The lowest BCUT2D eigenvalue weighted by molar-refractivity contribution is 0.0950. The van der Waals surface area contributed by atoms with Gasteiger partial charge in [0.15, 0.2) is 0 Å². The number of rotatable bonds is 5. The van der Waals surface area contributed by atoms with Crippen LogP contribution in [0.2, 0.25) is 5.02 Å². The van der Waals surface area contributed by atoms with Gasteiger partial charge in [-0.05, 0) is 23.8 Å². The van der Waals surface area contributed by atoms with Crippen LogP contribution in [0.5, 0.6) is 0 Å². The smallest absolute Gasteiger partial charge is 0.254 e. The van der Waals surface area contributed by atoms with Crippen LogP contribution >= 0.6 is 46.9 Å². The minimum atomic E-state index is -0.150. The number of benzene rings is 1. The molecule has 1 fully saturated rings. The third-order valence-electron chi connectivity index (χ3n) is 4.99. The third kappa shape index (κ3) is 4.86. The van der Waals surface area contributed by atoms with E-state index in [0.29, 0.717) is 21.6 Å². The number of thioether (sulfide) groups is 1. The SMILES string of the molecule is Cn1cc(C(=O)NCc2ccc(Cl)cc2)c(=S)c2cc(CN3CCSCC3)sc21. The zero-order valence-electron chi connectivity index (χ0n) is 16.1. The molecule has 4 nitrogen and oxygen atoms in total. The Balaban J connectivity index is 1.54. The molecule has 0 unspecified atom stereocenters. The number of aromatic nitrogens is 1. The van der Waals surface area contributed by atoms with Gasteiger partial charge in [0.2, 0.25) is 0 Å². The number of nitrogens with one attached hydrogen (secondary N) is 1. The van der Waals surface area contributed by atoms with Gasteiger partial charge in [-0.25, -0.2) is 0 Å². The van der Waals surface area contributed by atoms with Crippen LogP contribution in [0.15, 0.2) is 36.5 Å². The summed E-state index contributed by atoms with van der Waals surface area (Å²) in [4.78, 5) is 17.7. The zero-order valence-corrected chi connectivity index (χ0v) is 19.3. The van der Waals surface area contributed by atoms with Crippen molar-refractivity contribution in [1.82, 2.24) is 14.8 Å². The van der Waals surface area contributed by atoms with Crippen LogP contribution in [-0.2, 0) is 20.1 Å². The van der Waals surface area contributed by atoms with Crippen LogP contribution in [0.1, 0.15) is 20.8 Å². The van der Waals surface area contributed by atoms with Crippen molar-refractivity contribution in [3.05, 3.63) is 62.1 Å². The molecular weight excluding hydrogens is 442 g/mol. The Hall–Kier alpha value is -1.38. The van der Waals surface area contributed by atoms with Crippen molar-refractivity contribution in [2.24, 2.45) is 7.05 Å². The summed E-state index contributed by atoms with van der Waals surface area (Å²) >= 11 is 15.4. The molecule has 0 bridgehead atoms. The van der Waals surface area contributed by atoms with Gasteiger partial charge in [0.05, 0.1) is 10.1 Å². The zero-order chi connectivity index (χ0) is 20.4. The quantitative estimate of drug-likeness (QED) is 0.534. The van der Waals surface area contributed by atoms with Crippen molar-refractivity contribution in [3.63, 3.8) is 0 Å². The highest BCUT2D eigenvalue weighted by molar-refractivity contribution is 7.99. The van der Waals surface area contributed by atoms with E-state index in [4.69, 9.17) is 23.8 Å². The minimum Gasteiger partial charge on any atom is -0.348 e. The Morgan fingerprint density at radius 3 is 2.69 bits per heavy atom. The molecule has 8 heteroatoms. The summed E-state index contributed by atoms with van der Waals surface area (Å²) in [5.74, 6) is 2.24. The fraction of sp³-hybridized carbons (Fsp3) is 0.333. The molecule has 0 aliphatic carbocycles. The van der Waals surface area contributed by atoms with Gasteiger partial charge in [-0.3, -0.25) is 9.69 Å². The van der Waals surface area contributed by atoms with Gasteiger partial charge in [0.1, 0.15) is 4.83 Å². The first-order chi connectivity index (χ1) is 14.0. The first-order valence-corrected chi connectivity index (χ1v) is 12.2. The first-order valence-electron chi connectivity index (χ1n) is 9.46. The molecule has 0 spiro atoms. The van der Waals surface area contributed by atoms with Gasteiger partial charge < -0.3 is 9.88 Å².